The first-order valence-corrected chi connectivity index (χ1v) is 12.0. The Morgan fingerprint density at radius 3 is 2.94 bits per heavy atom. The molecule has 0 bridgehead atoms. The zero-order valence-corrected chi connectivity index (χ0v) is 19.2. The average molecular weight is 434 g/mol. The van der Waals surface area contributed by atoms with Gasteiger partial charge in [0, 0.05) is 45.5 Å². The molecule has 0 spiro atoms. The molecule has 4 rings (SSSR count). The van der Waals surface area contributed by atoms with Crippen LogP contribution in [0.3, 0.4) is 0 Å². The van der Waals surface area contributed by atoms with Crippen LogP contribution < -0.4 is 5.32 Å². The highest BCUT2D eigenvalue weighted by Crippen LogP contribution is 2.47. The number of piperidine rings is 1. The molecule has 2 aliphatic heterocycles. The maximum atomic E-state index is 13.7. The summed E-state index contributed by atoms with van der Waals surface area (Å²) in [5.41, 5.74) is 0.762. The molecule has 0 radical (unpaired) electrons. The van der Waals surface area contributed by atoms with E-state index in [9.17, 15) is 4.79 Å². The number of methoxy groups -OCH3 is 1. The molecule has 1 aliphatic carbocycles. The number of nitrogens with one attached hydrogen (secondary N) is 1. The van der Waals surface area contributed by atoms with Crippen LogP contribution in [0.1, 0.15) is 38.3 Å². The second-order valence-electron chi connectivity index (χ2n) is 9.34. The maximum Gasteiger partial charge on any atom is 0.228 e. The molecule has 8 heteroatoms. The molecule has 3 aliphatic rings. The summed E-state index contributed by atoms with van der Waals surface area (Å²) < 4.78 is 12.8. The Kier molecular flexibility index (Phi) is 7.63. The molecule has 2 saturated heterocycles. The molecule has 1 saturated carbocycles. The van der Waals surface area contributed by atoms with Crippen molar-refractivity contribution >= 4 is 5.91 Å². The van der Waals surface area contributed by atoms with E-state index in [0.29, 0.717) is 25.1 Å². The lowest BCUT2D eigenvalue weighted by molar-refractivity contribution is -0.145. The monoisotopic (exact) mass is 433 g/mol. The second-order valence-corrected chi connectivity index (χ2v) is 9.34. The Labute approximate surface area is 186 Å². The molecule has 1 aromatic rings. The van der Waals surface area contributed by atoms with Gasteiger partial charge in [-0.05, 0) is 44.7 Å². The first-order chi connectivity index (χ1) is 15.2. The lowest BCUT2D eigenvalue weighted by atomic mass is 9.61. The summed E-state index contributed by atoms with van der Waals surface area (Å²) in [5, 5.41) is 3.30. The van der Waals surface area contributed by atoms with Crippen molar-refractivity contribution in [2.45, 2.75) is 51.7 Å². The molecule has 0 aromatic carbocycles. The fourth-order valence-electron chi connectivity index (χ4n) is 5.87. The Morgan fingerprint density at radius 2 is 2.16 bits per heavy atom. The van der Waals surface area contributed by atoms with Crippen molar-refractivity contribution < 1.29 is 14.3 Å². The van der Waals surface area contributed by atoms with Gasteiger partial charge in [-0.2, -0.15) is 0 Å². The van der Waals surface area contributed by atoms with E-state index in [4.69, 9.17) is 9.47 Å². The Hall–Kier alpha value is -1.48. The normalized spacial score (nSPS) is 30.1. The highest BCUT2D eigenvalue weighted by Gasteiger charge is 2.52. The van der Waals surface area contributed by atoms with E-state index in [2.05, 4.69) is 31.6 Å². The molecular weight excluding hydrogens is 394 g/mol. The van der Waals surface area contributed by atoms with E-state index < -0.39 is 0 Å². The van der Waals surface area contributed by atoms with E-state index in [0.717, 1.165) is 83.9 Å². The number of carbonyl (C=O) groups excluding carboxylic acids is 1. The highest BCUT2D eigenvalue weighted by atomic mass is 16.5. The molecule has 3 fully saturated rings. The Bertz CT molecular complexity index is 720. The third kappa shape index (κ3) is 4.97. The quantitative estimate of drug-likeness (QED) is 0.668. The molecule has 3 heterocycles. The lowest BCUT2D eigenvalue weighted by Gasteiger charge is -2.53. The molecule has 1 aromatic heterocycles. The predicted molar refractivity (Wildman–Crippen MR) is 119 cm³/mol. The summed E-state index contributed by atoms with van der Waals surface area (Å²) in [6.07, 6.45) is 8.00. The summed E-state index contributed by atoms with van der Waals surface area (Å²) >= 11 is 0. The number of likely N-dealkylation sites (tertiary alicyclic amines) is 1. The van der Waals surface area contributed by atoms with Crippen molar-refractivity contribution in [3.63, 3.8) is 0 Å². The van der Waals surface area contributed by atoms with Gasteiger partial charge in [-0.15, -0.1) is 0 Å². The van der Waals surface area contributed by atoms with Gasteiger partial charge in [0.1, 0.15) is 0 Å². The Balaban J connectivity index is 1.44. The van der Waals surface area contributed by atoms with Crippen molar-refractivity contribution in [1.82, 2.24) is 24.7 Å². The van der Waals surface area contributed by atoms with Gasteiger partial charge in [-0.1, -0.05) is 6.92 Å². The Morgan fingerprint density at radius 1 is 1.32 bits per heavy atom. The molecule has 3 atom stereocenters. The number of aromatic nitrogens is 2. The van der Waals surface area contributed by atoms with Crippen LogP contribution in [0, 0.1) is 11.3 Å². The van der Waals surface area contributed by atoms with E-state index in [-0.39, 0.29) is 11.3 Å². The number of nitrogens with zero attached hydrogens (tertiary/aromatic N) is 4. The topological polar surface area (TPSA) is 71.9 Å². The van der Waals surface area contributed by atoms with E-state index in [1.165, 1.54) is 0 Å². The summed E-state index contributed by atoms with van der Waals surface area (Å²) in [4.78, 5) is 23.0. The van der Waals surface area contributed by atoms with Crippen LogP contribution in [0.25, 0.3) is 0 Å². The van der Waals surface area contributed by atoms with Crippen molar-refractivity contribution in [2.24, 2.45) is 11.3 Å². The highest BCUT2D eigenvalue weighted by molar-refractivity contribution is 5.83. The van der Waals surface area contributed by atoms with Crippen LogP contribution in [0.5, 0.6) is 0 Å². The van der Waals surface area contributed by atoms with E-state index in [1.54, 1.807) is 7.11 Å². The van der Waals surface area contributed by atoms with Gasteiger partial charge in [-0.25, -0.2) is 4.98 Å². The smallest absolute Gasteiger partial charge is 0.228 e. The van der Waals surface area contributed by atoms with Crippen molar-refractivity contribution in [2.75, 3.05) is 59.7 Å². The van der Waals surface area contributed by atoms with Gasteiger partial charge in [-0.3, -0.25) is 9.69 Å². The summed E-state index contributed by atoms with van der Waals surface area (Å²) in [5.74, 6) is 0.686. The average Bonchev–Trinajstić information content (AvgIpc) is 3.28. The summed E-state index contributed by atoms with van der Waals surface area (Å²) in [7, 11) is 1.70. The molecule has 8 nitrogen and oxygen atoms in total. The van der Waals surface area contributed by atoms with Crippen molar-refractivity contribution in [3.05, 3.63) is 18.2 Å². The fraction of sp³-hybridized carbons (Fsp3) is 0.826. The van der Waals surface area contributed by atoms with Crippen molar-refractivity contribution in [3.8, 4) is 0 Å². The van der Waals surface area contributed by atoms with Crippen molar-refractivity contribution in [1.29, 1.82) is 0 Å². The van der Waals surface area contributed by atoms with Crippen LogP contribution in [0.2, 0.25) is 0 Å². The standard InChI is InChI=1S/C23H39N5O3/c1-3-26-7-5-19-14-20(27-9-12-31-13-10-27)4-6-23(19,17-26)22(29)25-16-21-15-24-18-28(21)8-11-30-2/h15,18-20H,3-14,16-17H2,1-2H3,(H,25,29)/t19-,20+,23-/m1/s1. The number of imidazole rings is 1. The zero-order valence-electron chi connectivity index (χ0n) is 19.2. The third-order valence-corrected chi connectivity index (χ3v) is 7.79. The van der Waals surface area contributed by atoms with E-state index >= 15 is 0 Å². The van der Waals surface area contributed by atoms with Gasteiger partial charge < -0.3 is 24.3 Å². The largest absolute Gasteiger partial charge is 0.383 e. The van der Waals surface area contributed by atoms with Crippen LogP contribution in [-0.4, -0.2) is 91.0 Å². The van der Waals surface area contributed by atoms with Gasteiger partial charge in [0.25, 0.3) is 0 Å². The minimum atomic E-state index is -0.269. The van der Waals surface area contributed by atoms with Gasteiger partial charge in [0.05, 0.1) is 43.8 Å². The predicted octanol–water partition coefficient (Wildman–Crippen LogP) is 1.36. The summed E-state index contributed by atoms with van der Waals surface area (Å²) in [6.45, 7) is 10.9. The van der Waals surface area contributed by atoms with Crippen LogP contribution in [-0.2, 0) is 27.4 Å². The summed E-state index contributed by atoms with van der Waals surface area (Å²) in [6, 6.07) is 0.596. The first-order valence-electron chi connectivity index (χ1n) is 12.0. The minimum Gasteiger partial charge on any atom is -0.383 e. The molecule has 1 N–H and O–H groups in total. The van der Waals surface area contributed by atoms with Crippen LogP contribution in [0.15, 0.2) is 12.5 Å². The van der Waals surface area contributed by atoms with Gasteiger partial charge in [0.2, 0.25) is 5.91 Å². The number of fused-ring (bicyclic) bond motifs is 1. The SMILES string of the molecule is CCN1CC[C@@H]2C[C@@H](N3CCOCC3)CC[C@@]2(C(=O)NCc2cncn2CCOC)C1. The van der Waals surface area contributed by atoms with Crippen LogP contribution in [0.4, 0.5) is 0 Å². The first kappa shape index (κ1) is 22.7. The lowest BCUT2D eigenvalue weighted by Crippen LogP contribution is -2.60. The number of amides is 1. The number of morpholine rings is 1. The molecule has 174 valence electrons. The zero-order chi connectivity index (χ0) is 21.7. The van der Waals surface area contributed by atoms with E-state index in [1.807, 2.05) is 12.5 Å². The minimum absolute atomic E-state index is 0.232. The van der Waals surface area contributed by atoms with Crippen LogP contribution >= 0.6 is 0 Å². The maximum absolute atomic E-state index is 13.7. The van der Waals surface area contributed by atoms with Gasteiger partial charge >= 0.3 is 0 Å². The second kappa shape index (κ2) is 10.4. The molecular formula is C23H39N5O3. The fourth-order valence-corrected chi connectivity index (χ4v) is 5.87. The van der Waals surface area contributed by atoms with Gasteiger partial charge in [0.15, 0.2) is 0 Å². The molecule has 1 amide bonds. The number of hydrogen-bond acceptors (Lipinski definition) is 6. The number of carbonyl (C=O) groups is 1. The molecule has 31 heavy (non-hydrogen) atoms. The number of ether oxygens (including phenoxy) is 2. The number of hydrogen-bond donors (Lipinski definition) is 1. The number of rotatable bonds is 8. The third-order valence-electron chi connectivity index (χ3n) is 7.79. The molecule has 0 unspecified atom stereocenters.